The van der Waals surface area contributed by atoms with Gasteiger partial charge in [0.1, 0.15) is 5.52 Å². The predicted molar refractivity (Wildman–Crippen MR) is 182 cm³/mol. The van der Waals surface area contributed by atoms with Crippen LogP contribution in [0.5, 0.6) is 11.5 Å². The van der Waals surface area contributed by atoms with Gasteiger partial charge in [0.05, 0.1) is 0 Å². The summed E-state index contributed by atoms with van der Waals surface area (Å²) in [6, 6.07) is 25.1. The molecule has 4 aromatic carbocycles. The van der Waals surface area contributed by atoms with E-state index >= 15 is 0 Å². The Morgan fingerprint density at radius 3 is 2.33 bits per heavy atom. The van der Waals surface area contributed by atoms with E-state index in [2.05, 4.69) is 4.98 Å². The molecule has 3 N–H and O–H groups in total. The second-order valence-corrected chi connectivity index (χ2v) is 12.4. The Bertz CT molecular complexity index is 2180. The van der Waals surface area contributed by atoms with Gasteiger partial charge in [-0.3, -0.25) is 4.79 Å². The number of fused-ring (bicyclic) bond motifs is 3. The van der Waals surface area contributed by atoms with Crippen molar-refractivity contribution in [1.82, 2.24) is 9.88 Å². The number of aromatic nitrogens is 1. The summed E-state index contributed by atoms with van der Waals surface area (Å²) in [5, 5.41) is 31.4. The number of benzene rings is 4. The lowest BCUT2D eigenvalue weighted by Gasteiger charge is -2.36. The molecule has 4 atom stereocenters. The molecule has 14 nitrogen and oxygen atoms in total. The maximum Gasteiger partial charge on any atom is 0.377 e. The number of para-hydroxylation sites is 2. The molecule has 2 aliphatic rings. The average Bonchev–Trinajstić information content (AvgIpc) is 3.89. The molecule has 1 aromatic heterocycles. The fraction of sp³-hybridized carbons (Fsp3) is 0.237. The molecule has 1 saturated heterocycles. The van der Waals surface area contributed by atoms with E-state index < -0.39 is 53.8 Å². The third-order valence-electron chi connectivity index (χ3n) is 9.22. The highest BCUT2D eigenvalue weighted by Gasteiger charge is 2.64. The van der Waals surface area contributed by atoms with Gasteiger partial charge < -0.3 is 43.6 Å². The average molecular weight is 709 g/mol. The number of carboxylic acids is 3. The first-order chi connectivity index (χ1) is 25.0. The Hall–Kier alpha value is -6.25. The fourth-order valence-corrected chi connectivity index (χ4v) is 6.53. The summed E-state index contributed by atoms with van der Waals surface area (Å²) in [4.78, 5) is 57.0. The summed E-state index contributed by atoms with van der Waals surface area (Å²) < 4.78 is 27.3. The molecule has 14 heteroatoms. The van der Waals surface area contributed by atoms with Crippen LogP contribution in [-0.2, 0) is 35.2 Å². The number of rotatable bonds is 12. The summed E-state index contributed by atoms with van der Waals surface area (Å²) in [5.74, 6) is -9.50. The molecule has 0 unspecified atom stereocenters. The van der Waals surface area contributed by atoms with Crippen LogP contribution in [0.25, 0.3) is 27.9 Å². The van der Waals surface area contributed by atoms with Gasteiger partial charge in [-0.1, -0.05) is 60.7 Å². The summed E-state index contributed by atoms with van der Waals surface area (Å²) in [7, 11) is 0. The molecule has 0 aliphatic carbocycles. The van der Waals surface area contributed by atoms with Crippen LogP contribution in [0.2, 0.25) is 0 Å². The number of nitrogens with zero attached hydrogens (tertiary/aromatic N) is 2. The van der Waals surface area contributed by atoms with E-state index in [9.17, 15) is 34.5 Å². The molecule has 1 amide bonds. The lowest BCUT2D eigenvalue weighted by atomic mass is 9.87. The van der Waals surface area contributed by atoms with E-state index in [0.717, 1.165) is 16.3 Å². The van der Waals surface area contributed by atoms with Gasteiger partial charge >= 0.3 is 23.7 Å². The van der Waals surface area contributed by atoms with Gasteiger partial charge in [-0.2, -0.15) is 0 Å². The number of carbonyl (C=O) groups excluding carboxylic acids is 1. The number of oxazole rings is 1. The highest BCUT2D eigenvalue weighted by molar-refractivity contribution is 6.02. The maximum atomic E-state index is 14.6. The monoisotopic (exact) mass is 708 g/mol. The van der Waals surface area contributed by atoms with E-state index in [-0.39, 0.29) is 13.3 Å². The van der Waals surface area contributed by atoms with Crippen molar-refractivity contribution in [3.8, 4) is 11.5 Å². The zero-order chi connectivity index (χ0) is 36.6. The number of carbonyl (C=O) groups is 4. The Labute approximate surface area is 295 Å². The lowest BCUT2D eigenvalue weighted by molar-refractivity contribution is -0.221. The smallest absolute Gasteiger partial charge is 0.377 e. The van der Waals surface area contributed by atoms with Gasteiger partial charge in [-0.15, -0.1) is 0 Å². The number of aliphatic carboxylic acids is 3. The molecule has 1 fully saturated rings. The minimum Gasteiger partial charge on any atom is -0.479 e. The van der Waals surface area contributed by atoms with Crippen molar-refractivity contribution < 1.29 is 57.9 Å². The topological polar surface area (TPSA) is 195 Å². The van der Waals surface area contributed by atoms with Gasteiger partial charge in [0.25, 0.3) is 5.91 Å². The molecule has 0 radical (unpaired) electrons. The van der Waals surface area contributed by atoms with Crippen molar-refractivity contribution in [2.24, 2.45) is 0 Å². The van der Waals surface area contributed by atoms with Crippen molar-refractivity contribution in [1.29, 1.82) is 0 Å². The van der Waals surface area contributed by atoms with Crippen molar-refractivity contribution >= 4 is 51.8 Å². The normalized spacial score (nSPS) is 18.8. The van der Waals surface area contributed by atoms with Crippen LogP contribution in [0, 0.1) is 0 Å². The van der Waals surface area contributed by atoms with Crippen LogP contribution >= 0.6 is 0 Å². The molecule has 2 aliphatic heterocycles. The van der Waals surface area contributed by atoms with Gasteiger partial charge in [0.15, 0.2) is 29.3 Å². The van der Waals surface area contributed by atoms with E-state index in [4.69, 9.17) is 23.4 Å². The zero-order valence-electron chi connectivity index (χ0n) is 27.6. The number of ether oxygens (including phenoxy) is 4. The molecular weight excluding hydrogens is 676 g/mol. The standard InChI is InChI=1S/C38H32N2O12/c1-21(26(25-15-16-29-30(18-25)49-20-48-29)9-6-12-31-39-27-10-4-5-11-28(27)50-31)40(19-22-13-14-23-7-2-3-8-24(23)17-22)34(41)32-33(35(42)43)52-38(51-32,36(44)45)37(46)47/h2-8,10-18,21,26,32-33H,9,19-20H2,1H3,(H,42,43)(H,44,45)(H,46,47)/b12-6+/t21-,26+,32+,33+/m0/s1. The second kappa shape index (κ2) is 13.8. The third kappa shape index (κ3) is 6.40. The Balaban J connectivity index is 1.29. The summed E-state index contributed by atoms with van der Waals surface area (Å²) >= 11 is 0. The van der Waals surface area contributed by atoms with E-state index in [1.165, 1.54) is 4.90 Å². The van der Waals surface area contributed by atoms with Crippen molar-refractivity contribution in [3.63, 3.8) is 0 Å². The molecule has 7 rings (SSSR count). The number of hydrogen-bond acceptors (Lipinski definition) is 10. The molecule has 0 spiro atoms. The van der Waals surface area contributed by atoms with Crippen LogP contribution in [0.1, 0.15) is 36.3 Å². The minimum atomic E-state index is -3.42. The Morgan fingerprint density at radius 2 is 1.58 bits per heavy atom. The first-order valence-electron chi connectivity index (χ1n) is 16.3. The maximum absolute atomic E-state index is 14.6. The first kappa shape index (κ1) is 34.2. The molecule has 0 bridgehead atoms. The van der Waals surface area contributed by atoms with Gasteiger partial charge in [0, 0.05) is 18.5 Å². The predicted octanol–water partition coefficient (Wildman–Crippen LogP) is 5.05. The summed E-state index contributed by atoms with van der Waals surface area (Å²) in [5.41, 5.74) is 2.69. The zero-order valence-corrected chi connectivity index (χ0v) is 27.6. The molecule has 5 aromatic rings. The largest absolute Gasteiger partial charge is 0.479 e. The first-order valence-corrected chi connectivity index (χ1v) is 16.3. The van der Waals surface area contributed by atoms with Gasteiger partial charge in [-0.05, 0) is 71.7 Å². The number of amides is 1. The van der Waals surface area contributed by atoms with Crippen molar-refractivity contribution in [2.45, 2.75) is 49.8 Å². The molecule has 3 heterocycles. The molecular formula is C38H32N2O12. The summed E-state index contributed by atoms with van der Waals surface area (Å²) in [6.07, 6.45) is -0.511. The second-order valence-electron chi connectivity index (χ2n) is 12.4. The van der Waals surface area contributed by atoms with Crippen LogP contribution in [0.15, 0.2) is 95.4 Å². The number of allylic oxidation sites excluding steroid dienone is 1. The Kier molecular flexibility index (Phi) is 9.09. The quantitative estimate of drug-likeness (QED) is 0.146. The summed E-state index contributed by atoms with van der Waals surface area (Å²) in [6.45, 7) is 1.71. The van der Waals surface area contributed by atoms with E-state index in [1.54, 1.807) is 31.2 Å². The number of hydrogen-bond donors (Lipinski definition) is 3. The number of carboxylic acid groups (broad SMARTS) is 3. The SMILES string of the molecule is C[C@@H]([C@@H](C/C=C/c1nc2ccccc2o1)c1ccc2c(c1)OCO2)N(Cc1ccc2ccccc2c1)C(=O)[C@@H]1OC(C(=O)O)(C(=O)O)O[C@H]1C(=O)O. The van der Waals surface area contributed by atoms with Crippen LogP contribution in [0.3, 0.4) is 0 Å². The molecule has 0 saturated carbocycles. The van der Waals surface area contributed by atoms with E-state index in [1.807, 2.05) is 72.8 Å². The van der Waals surface area contributed by atoms with Gasteiger partial charge in [-0.25, -0.2) is 19.4 Å². The van der Waals surface area contributed by atoms with E-state index in [0.29, 0.717) is 40.5 Å². The third-order valence-corrected chi connectivity index (χ3v) is 9.22. The molecule has 266 valence electrons. The minimum absolute atomic E-state index is 0.0354. The van der Waals surface area contributed by atoms with Crippen molar-refractivity contribution in [3.05, 3.63) is 108 Å². The van der Waals surface area contributed by atoms with Crippen LogP contribution in [-0.4, -0.2) is 79.8 Å². The Morgan fingerprint density at radius 1 is 0.865 bits per heavy atom. The van der Waals surface area contributed by atoms with Gasteiger partial charge in [0.2, 0.25) is 12.7 Å². The van der Waals surface area contributed by atoms with Crippen molar-refractivity contribution in [2.75, 3.05) is 6.79 Å². The fourth-order valence-electron chi connectivity index (χ4n) is 6.53. The highest BCUT2D eigenvalue weighted by atomic mass is 16.8. The van der Waals surface area contributed by atoms with Crippen LogP contribution < -0.4 is 9.47 Å². The van der Waals surface area contributed by atoms with Crippen LogP contribution in [0.4, 0.5) is 0 Å². The highest BCUT2D eigenvalue weighted by Crippen LogP contribution is 2.39. The molecule has 52 heavy (non-hydrogen) atoms. The lowest BCUT2D eigenvalue weighted by Crippen LogP contribution is -2.51.